The van der Waals surface area contributed by atoms with Gasteiger partial charge in [0.1, 0.15) is 5.01 Å². The van der Waals surface area contributed by atoms with Crippen molar-refractivity contribution in [3.63, 3.8) is 0 Å². The third-order valence-electron chi connectivity index (χ3n) is 1.77. The van der Waals surface area contributed by atoms with Gasteiger partial charge in [0.05, 0.1) is 11.5 Å². The molecule has 0 aromatic carbocycles. The predicted molar refractivity (Wildman–Crippen MR) is 56.1 cm³/mol. The van der Waals surface area contributed by atoms with Crippen molar-refractivity contribution in [2.45, 2.75) is 13.5 Å². The minimum absolute atomic E-state index is 0.0368. The van der Waals surface area contributed by atoms with Gasteiger partial charge in [-0.05, 0) is 23.9 Å². The molecule has 0 aliphatic carbocycles. The first-order chi connectivity index (χ1) is 6.31. The van der Waals surface area contributed by atoms with Crippen molar-refractivity contribution in [1.29, 1.82) is 0 Å². The number of hydrogen-bond acceptors (Lipinski definition) is 4. The summed E-state index contributed by atoms with van der Waals surface area (Å²) in [7, 11) is 0. The molecule has 2 rings (SSSR count). The number of aliphatic hydroxyl groups is 1. The molecule has 2 aromatic rings. The van der Waals surface area contributed by atoms with E-state index in [1.165, 1.54) is 10.4 Å². The van der Waals surface area contributed by atoms with E-state index in [0.717, 1.165) is 9.88 Å². The van der Waals surface area contributed by atoms with E-state index in [-0.39, 0.29) is 6.61 Å². The van der Waals surface area contributed by atoms with E-state index < -0.39 is 0 Å². The Kier molecular flexibility index (Phi) is 2.44. The first-order valence-corrected chi connectivity index (χ1v) is 5.61. The molecule has 13 heavy (non-hydrogen) atoms. The fourth-order valence-corrected chi connectivity index (χ4v) is 3.00. The average Bonchev–Trinajstić information content (AvgIpc) is 2.71. The number of thiazole rings is 1. The minimum Gasteiger partial charge on any atom is -0.389 e. The molecule has 68 valence electrons. The fraction of sp³-hybridized carbons (Fsp3) is 0.222. The Morgan fingerprint density at radius 3 is 2.92 bits per heavy atom. The highest BCUT2D eigenvalue weighted by atomic mass is 32.1. The maximum atomic E-state index is 8.87. The molecular weight excluding hydrogens is 202 g/mol. The standard InChI is InChI=1S/C9H9NOS2/c1-6-2-3-12-9(6)7-4-10-8(5-11)13-7/h2-4,11H,5H2,1H3. The average molecular weight is 211 g/mol. The first-order valence-electron chi connectivity index (χ1n) is 3.91. The normalized spacial score (nSPS) is 10.6. The number of aromatic nitrogens is 1. The van der Waals surface area contributed by atoms with Crippen molar-refractivity contribution in [1.82, 2.24) is 4.98 Å². The van der Waals surface area contributed by atoms with Crippen molar-refractivity contribution >= 4 is 22.7 Å². The van der Waals surface area contributed by atoms with E-state index in [0.29, 0.717) is 0 Å². The molecular formula is C9H9NOS2. The van der Waals surface area contributed by atoms with Crippen LogP contribution in [0.2, 0.25) is 0 Å². The van der Waals surface area contributed by atoms with Gasteiger partial charge in [-0.3, -0.25) is 0 Å². The van der Waals surface area contributed by atoms with Gasteiger partial charge in [0.15, 0.2) is 0 Å². The van der Waals surface area contributed by atoms with Gasteiger partial charge in [-0.15, -0.1) is 22.7 Å². The summed E-state index contributed by atoms with van der Waals surface area (Å²) < 4.78 is 0. The Balaban J connectivity index is 2.41. The van der Waals surface area contributed by atoms with Gasteiger partial charge in [0, 0.05) is 11.1 Å². The van der Waals surface area contributed by atoms with Crippen LogP contribution in [0.4, 0.5) is 0 Å². The molecule has 0 unspecified atom stereocenters. The number of thiophene rings is 1. The zero-order valence-electron chi connectivity index (χ0n) is 7.15. The van der Waals surface area contributed by atoms with Crippen molar-refractivity contribution in [3.8, 4) is 9.75 Å². The molecule has 4 heteroatoms. The highest BCUT2D eigenvalue weighted by Gasteiger charge is 2.06. The maximum Gasteiger partial charge on any atom is 0.119 e. The molecule has 2 heterocycles. The van der Waals surface area contributed by atoms with Gasteiger partial charge in [-0.2, -0.15) is 0 Å². The summed E-state index contributed by atoms with van der Waals surface area (Å²) in [6.45, 7) is 2.12. The van der Waals surface area contributed by atoms with Crippen LogP contribution in [0.1, 0.15) is 10.6 Å². The summed E-state index contributed by atoms with van der Waals surface area (Å²) in [4.78, 5) is 6.52. The number of aryl methyl sites for hydroxylation is 1. The highest BCUT2D eigenvalue weighted by molar-refractivity contribution is 7.21. The van der Waals surface area contributed by atoms with Crippen LogP contribution in [0.5, 0.6) is 0 Å². The monoisotopic (exact) mass is 211 g/mol. The lowest BCUT2D eigenvalue weighted by atomic mass is 10.3. The summed E-state index contributed by atoms with van der Waals surface area (Å²) in [6.07, 6.45) is 1.83. The number of rotatable bonds is 2. The van der Waals surface area contributed by atoms with Crippen LogP contribution < -0.4 is 0 Å². The van der Waals surface area contributed by atoms with Crippen LogP contribution in [-0.2, 0) is 6.61 Å². The molecule has 0 fully saturated rings. The second kappa shape index (κ2) is 3.57. The SMILES string of the molecule is Cc1ccsc1-c1cnc(CO)s1. The van der Waals surface area contributed by atoms with Crippen LogP contribution in [0.25, 0.3) is 9.75 Å². The molecule has 0 bridgehead atoms. The lowest BCUT2D eigenvalue weighted by molar-refractivity contribution is 0.281. The van der Waals surface area contributed by atoms with Crippen LogP contribution >= 0.6 is 22.7 Å². The van der Waals surface area contributed by atoms with Gasteiger partial charge in [-0.1, -0.05) is 0 Å². The number of hydrogen-bond donors (Lipinski definition) is 1. The van der Waals surface area contributed by atoms with E-state index in [1.807, 2.05) is 6.20 Å². The Labute approximate surface area is 84.5 Å². The van der Waals surface area contributed by atoms with Crippen molar-refractivity contribution in [2.75, 3.05) is 0 Å². The predicted octanol–water partition coefficient (Wildman–Crippen LogP) is 2.67. The molecule has 0 atom stereocenters. The van der Waals surface area contributed by atoms with Crippen LogP contribution in [0.3, 0.4) is 0 Å². The molecule has 0 radical (unpaired) electrons. The molecule has 0 spiro atoms. The zero-order valence-corrected chi connectivity index (χ0v) is 8.78. The molecule has 0 saturated heterocycles. The topological polar surface area (TPSA) is 33.1 Å². The third kappa shape index (κ3) is 1.65. The molecule has 0 aliphatic rings. The quantitative estimate of drug-likeness (QED) is 0.828. The van der Waals surface area contributed by atoms with Gasteiger partial charge < -0.3 is 5.11 Å². The Morgan fingerprint density at radius 2 is 2.38 bits per heavy atom. The van der Waals surface area contributed by atoms with Gasteiger partial charge >= 0.3 is 0 Å². The first kappa shape index (κ1) is 8.87. The number of aliphatic hydroxyl groups excluding tert-OH is 1. The molecule has 0 aliphatic heterocycles. The largest absolute Gasteiger partial charge is 0.389 e. The smallest absolute Gasteiger partial charge is 0.119 e. The Hall–Kier alpha value is -0.710. The van der Waals surface area contributed by atoms with Crippen molar-refractivity contribution in [2.24, 2.45) is 0 Å². The van der Waals surface area contributed by atoms with Crippen molar-refractivity contribution in [3.05, 3.63) is 28.2 Å². The van der Waals surface area contributed by atoms with Crippen LogP contribution in [-0.4, -0.2) is 10.1 Å². The second-order valence-corrected chi connectivity index (χ2v) is 4.74. The molecule has 0 amide bonds. The van der Waals surface area contributed by atoms with E-state index >= 15 is 0 Å². The van der Waals surface area contributed by atoms with Gasteiger partial charge in [0.25, 0.3) is 0 Å². The lowest BCUT2D eigenvalue weighted by Gasteiger charge is -1.91. The summed E-state index contributed by atoms with van der Waals surface area (Å²) in [5.41, 5.74) is 1.28. The van der Waals surface area contributed by atoms with Crippen molar-refractivity contribution < 1.29 is 5.11 Å². The van der Waals surface area contributed by atoms with E-state index in [1.54, 1.807) is 22.7 Å². The lowest BCUT2D eigenvalue weighted by Crippen LogP contribution is -1.75. The molecule has 2 nitrogen and oxygen atoms in total. The highest BCUT2D eigenvalue weighted by Crippen LogP contribution is 2.32. The van der Waals surface area contributed by atoms with E-state index in [2.05, 4.69) is 23.4 Å². The second-order valence-electron chi connectivity index (χ2n) is 2.71. The van der Waals surface area contributed by atoms with Gasteiger partial charge in [0.2, 0.25) is 0 Å². The molecule has 0 saturated carbocycles. The summed E-state index contributed by atoms with van der Waals surface area (Å²) in [6, 6.07) is 2.10. The molecule has 1 N–H and O–H groups in total. The Morgan fingerprint density at radius 1 is 1.54 bits per heavy atom. The van der Waals surface area contributed by atoms with E-state index in [9.17, 15) is 0 Å². The van der Waals surface area contributed by atoms with Crippen LogP contribution in [0.15, 0.2) is 17.6 Å². The summed E-state index contributed by atoms with van der Waals surface area (Å²) >= 11 is 3.27. The molecule has 2 aromatic heterocycles. The summed E-state index contributed by atoms with van der Waals surface area (Å²) in [5, 5.41) is 11.7. The van der Waals surface area contributed by atoms with Crippen LogP contribution in [0, 0.1) is 6.92 Å². The third-order valence-corrected chi connectivity index (χ3v) is 3.95. The van der Waals surface area contributed by atoms with E-state index in [4.69, 9.17) is 5.11 Å². The maximum absolute atomic E-state index is 8.87. The Bertz CT molecular complexity index is 405. The zero-order chi connectivity index (χ0) is 9.26. The van der Waals surface area contributed by atoms with Gasteiger partial charge in [-0.25, -0.2) is 4.98 Å². The number of nitrogens with zero attached hydrogens (tertiary/aromatic N) is 1. The summed E-state index contributed by atoms with van der Waals surface area (Å²) in [5.74, 6) is 0. The fourth-order valence-electron chi connectivity index (χ4n) is 1.11. The minimum atomic E-state index is 0.0368.